The van der Waals surface area contributed by atoms with Gasteiger partial charge in [0.15, 0.2) is 0 Å². The van der Waals surface area contributed by atoms with Crippen molar-refractivity contribution >= 4 is 0 Å². The van der Waals surface area contributed by atoms with E-state index in [4.69, 9.17) is 10.5 Å². The minimum atomic E-state index is -1.43. The van der Waals surface area contributed by atoms with Crippen LogP contribution in [0.15, 0.2) is 0 Å². The van der Waals surface area contributed by atoms with Crippen LogP contribution < -0.4 is 0 Å². The highest BCUT2D eigenvalue weighted by Gasteiger charge is 2.54. The van der Waals surface area contributed by atoms with Gasteiger partial charge in [0.05, 0.1) is 0 Å². The van der Waals surface area contributed by atoms with Crippen molar-refractivity contribution in [2.45, 2.75) is 54.3 Å². The van der Waals surface area contributed by atoms with Gasteiger partial charge in [0.1, 0.15) is 0 Å². The van der Waals surface area contributed by atoms with Gasteiger partial charge in [-0.15, -0.1) is 0 Å². The van der Waals surface area contributed by atoms with Gasteiger partial charge in [-0.05, 0) is 5.41 Å². The van der Waals surface area contributed by atoms with Crippen molar-refractivity contribution in [3.05, 3.63) is 0 Å². The Morgan fingerprint density at radius 1 is 0.867 bits per heavy atom. The molecular formula is C11H24O4. The molecule has 0 aliphatic carbocycles. The molecule has 0 amide bonds. The Morgan fingerprint density at radius 3 is 1.27 bits per heavy atom. The summed E-state index contributed by atoms with van der Waals surface area (Å²) in [5.74, 6) is -1.62. The smallest absolute Gasteiger partial charge is 0.241 e. The molecule has 0 bridgehead atoms. The first-order valence-corrected chi connectivity index (χ1v) is 5.18. The Kier molecular flexibility index (Phi) is 4.33. The van der Waals surface area contributed by atoms with Gasteiger partial charge < -0.3 is 0 Å². The Hall–Kier alpha value is -0.160. The first-order chi connectivity index (χ1) is 6.53. The maximum atomic E-state index is 9.06. The fraction of sp³-hybridized carbons (Fsp3) is 1.00. The summed E-state index contributed by atoms with van der Waals surface area (Å²) in [6.07, 6.45) is 0. The lowest BCUT2D eigenvalue weighted by Gasteiger charge is -2.47. The standard InChI is InChI=1S/C11H24O4/c1-8(9(2,3)4)11(14-12,15-13)10(5,6)7/h8,12-13H,1-7H3. The predicted molar refractivity (Wildman–Crippen MR) is 58.2 cm³/mol. The monoisotopic (exact) mass is 220 g/mol. The van der Waals surface area contributed by atoms with Crippen LogP contribution in [0, 0.1) is 16.7 Å². The molecule has 1 unspecified atom stereocenters. The van der Waals surface area contributed by atoms with E-state index in [0.29, 0.717) is 0 Å². The molecule has 92 valence electrons. The highest BCUT2D eigenvalue weighted by Crippen LogP contribution is 2.46. The van der Waals surface area contributed by atoms with E-state index in [-0.39, 0.29) is 11.3 Å². The van der Waals surface area contributed by atoms with Crippen molar-refractivity contribution in [2.75, 3.05) is 0 Å². The molecule has 2 N–H and O–H groups in total. The molecule has 0 aromatic heterocycles. The van der Waals surface area contributed by atoms with E-state index >= 15 is 0 Å². The molecule has 0 aromatic carbocycles. The lowest BCUT2D eigenvalue weighted by atomic mass is 9.68. The lowest BCUT2D eigenvalue weighted by molar-refractivity contribution is -0.529. The molecule has 0 fully saturated rings. The molecule has 0 aliphatic rings. The Bertz CT molecular complexity index is 196. The average molecular weight is 220 g/mol. The summed E-state index contributed by atoms with van der Waals surface area (Å²) in [6, 6.07) is 0. The van der Waals surface area contributed by atoms with Gasteiger partial charge in [0, 0.05) is 11.3 Å². The first-order valence-electron chi connectivity index (χ1n) is 5.18. The van der Waals surface area contributed by atoms with E-state index in [0.717, 1.165) is 0 Å². The van der Waals surface area contributed by atoms with Crippen LogP contribution in [0.3, 0.4) is 0 Å². The van der Waals surface area contributed by atoms with Gasteiger partial charge in [-0.25, -0.2) is 10.5 Å². The molecule has 1 atom stereocenters. The minimum absolute atomic E-state index is 0.168. The van der Waals surface area contributed by atoms with Crippen LogP contribution in [-0.4, -0.2) is 16.3 Å². The summed E-state index contributed by atoms with van der Waals surface area (Å²) in [4.78, 5) is 8.94. The molecule has 15 heavy (non-hydrogen) atoms. The van der Waals surface area contributed by atoms with E-state index in [1.54, 1.807) is 0 Å². The zero-order valence-corrected chi connectivity index (χ0v) is 10.8. The zero-order valence-electron chi connectivity index (χ0n) is 10.8. The van der Waals surface area contributed by atoms with E-state index in [1.807, 2.05) is 48.5 Å². The van der Waals surface area contributed by atoms with Gasteiger partial charge in [-0.2, -0.15) is 9.78 Å². The SMILES string of the molecule is CC(C(C)(C)C)C(OO)(OO)C(C)(C)C. The molecule has 0 rings (SSSR count). The van der Waals surface area contributed by atoms with Crippen molar-refractivity contribution in [3.63, 3.8) is 0 Å². The van der Waals surface area contributed by atoms with Gasteiger partial charge in [-0.3, -0.25) is 0 Å². The maximum absolute atomic E-state index is 9.06. The predicted octanol–water partition coefficient (Wildman–Crippen LogP) is 3.39. The fourth-order valence-electron chi connectivity index (χ4n) is 1.67. The van der Waals surface area contributed by atoms with Crippen molar-refractivity contribution in [1.82, 2.24) is 0 Å². The summed E-state index contributed by atoms with van der Waals surface area (Å²) < 4.78 is 0. The maximum Gasteiger partial charge on any atom is 0.241 e. The second-order valence-corrected chi connectivity index (χ2v) is 6.19. The molecule has 4 heteroatoms. The lowest BCUT2D eigenvalue weighted by Crippen LogP contribution is -2.55. The summed E-state index contributed by atoms with van der Waals surface area (Å²) in [7, 11) is 0. The normalized spacial score (nSPS) is 16.6. The quantitative estimate of drug-likeness (QED) is 0.435. The summed E-state index contributed by atoms with van der Waals surface area (Å²) in [6.45, 7) is 13.4. The van der Waals surface area contributed by atoms with Crippen LogP contribution in [0.25, 0.3) is 0 Å². The Balaban J connectivity index is 5.30. The second-order valence-electron chi connectivity index (χ2n) is 6.19. The third-order valence-electron chi connectivity index (χ3n) is 3.19. The zero-order chi connectivity index (χ0) is 12.5. The molecule has 4 nitrogen and oxygen atoms in total. The second kappa shape index (κ2) is 4.37. The van der Waals surface area contributed by atoms with Crippen LogP contribution in [0.5, 0.6) is 0 Å². The molecule has 0 radical (unpaired) electrons. The molecular weight excluding hydrogens is 196 g/mol. The van der Waals surface area contributed by atoms with Crippen LogP contribution in [0.1, 0.15) is 48.5 Å². The van der Waals surface area contributed by atoms with Gasteiger partial charge in [0.25, 0.3) is 0 Å². The Morgan fingerprint density at radius 2 is 1.20 bits per heavy atom. The number of rotatable bonds is 3. The molecule has 0 saturated carbocycles. The molecule has 0 spiro atoms. The van der Waals surface area contributed by atoms with Crippen molar-refractivity contribution in [3.8, 4) is 0 Å². The van der Waals surface area contributed by atoms with Gasteiger partial charge in [-0.1, -0.05) is 48.5 Å². The topological polar surface area (TPSA) is 58.9 Å². The third-order valence-corrected chi connectivity index (χ3v) is 3.19. The Labute approximate surface area is 92.1 Å². The molecule has 0 aliphatic heterocycles. The van der Waals surface area contributed by atoms with Crippen LogP contribution in [0.2, 0.25) is 0 Å². The molecule has 0 saturated heterocycles. The van der Waals surface area contributed by atoms with Crippen LogP contribution >= 0.6 is 0 Å². The minimum Gasteiger partial charge on any atom is -0.249 e. The van der Waals surface area contributed by atoms with E-state index in [2.05, 4.69) is 9.78 Å². The van der Waals surface area contributed by atoms with Crippen LogP contribution in [0.4, 0.5) is 0 Å². The highest BCUT2D eigenvalue weighted by atomic mass is 17.2. The van der Waals surface area contributed by atoms with E-state index in [1.165, 1.54) is 0 Å². The van der Waals surface area contributed by atoms with Crippen molar-refractivity contribution < 1.29 is 20.3 Å². The number of hydrogen-bond donors (Lipinski definition) is 2. The summed E-state index contributed by atoms with van der Waals surface area (Å²) in [5, 5.41) is 18.1. The molecule has 0 aromatic rings. The highest BCUT2D eigenvalue weighted by molar-refractivity contribution is 4.92. The summed E-state index contributed by atoms with van der Waals surface area (Å²) >= 11 is 0. The van der Waals surface area contributed by atoms with Crippen LogP contribution in [-0.2, 0) is 9.78 Å². The molecule has 0 heterocycles. The fourth-order valence-corrected chi connectivity index (χ4v) is 1.67. The van der Waals surface area contributed by atoms with Crippen molar-refractivity contribution in [1.29, 1.82) is 0 Å². The van der Waals surface area contributed by atoms with Crippen molar-refractivity contribution in [2.24, 2.45) is 16.7 Å². The van der Waals surface area contributed by atoms with E-state index < -0.39 is 11.2 Å². The van der Waals surface area contributed by atoms with Gasteiger partial charge >= 0.3 is 0 Å². The van der Waals surface area contributed by atoms with Gasteiger partial charge in [0.2, 0.25) is 5.79 Å². The number of hydrogen-bond acceptors (Lipinski definition) is 4. The summed E-state index contributed by atoms with van der Waals surface area (Å²) in [5.41, 5.74) is -0.720. The van der Waals surface area contributed by atoms with E-state index in [9.17, 15) is 0 Å². The average Bonchev–Trinajstić information content (AvgIpc) is 2.03. The third kappa shape index (κ3) is 2.69. The first kappa shape index (κ1) is 14.8. The largest absolute Gasteiger partial charge is 0.249 e.